The van der Waals surface area contributed by atoms with Gasteiger partial charge in [-0.15, -0.1) is 0 Å². The highest BCUT2D eigenvalue weighted by Gasteiger charge is 2.57. The lowest BCUT2D eigenvalue weighted by atomic mass is 9.61. The molecule has 7 atom stereocenters. The van der Waals surface area contributed by atoms with Crippen LogP contribution in [0.1, 0.15) is 71.0 Å². The van der Waals surface area contributed by atoms with Crippen LogP contribution in [0, 0.1) is 23.2 Å². The van der Waals surface area contributed by atoms with Crippen LogP contribution in [0.15, 0.2) is 229 Å². The molecule has 1 heterocycles. The minimum atomic E-state index is -1.95. The Hall–Kier alpha value is -7.06. The number of rotatable bonds is 5. The average Bonchev–Trinajstić information content (AvgIpc) is 3.57. The van der Waals surface area contributed by atoms with E-state index in [-0.39, 0.29) is 23.2 Å². The first-order chi connectivity index (χ1) is 33.8. The second-order valence-electron chi connectivity index (χ2n) is 21.7. The van der Waals surface area contributed by atoms with Gasteiger partial charge in [-0.05, 0) is 129 Å². The van der Waals surface area contributed by atoms with Crippen LogP contribution in [0.3, 0.4) is 0 Å². The van der Waals surface area contributed by atoms with Crippen LogP contribution in [-0.2, 0) is 0 Å². The van der Waals surface area contributed by atoms with Gasteiger partial charge in [-0.2, -0.15) is 0 Å². The smallest absolute Gasteiger partial charge is 0.0830 e. The highest BCUT2D eigenvalue weighted by molar-refractivity contribution is 6.88. The third-order valence-corrected chi connectivity index (χ3v) is 21.9. The maximum Gasteiger partial charge on any atom is 0.0889 e. The van der Waals surface area contributed by atoms with Gasteiger partial charge in [-0.25, -0.2) is 0 Å². The molecule has 1 fully saturated rings. The monoisotopic (exact) mass is 900 g/mol. The quantitative estimate of drug-likeness (QED) is 0.151. The van der Waals surface area contributed by atoms with Crippen LogP contribution in [-0.4, -0.2) is 8.07 Å². The van der Waals surface area contributed by atoms with Gasteiger partial charge in [-0.1, -0.05) is 245 Å². The number of hydrogen-bond acceptors (Lipinski definition) is 0. The van der Waals surface area contributed by atoms with Gasteiger partial charge in [0.15, 0.2) is 0 Å². The van der Waals surface area contributed by atoms with E-state index in [1.165, 1.54) is 99.8 Å². The topological polar surface area (TPSA) is 0 Å². The molecule has 6 aliphatic carbocycles. The number of allylic oxidation sites excluding steroid dienone is 15. The summed E-state index contributed by atoms with van der Waals surface area (Å²) in [5.74, 6) is 1.23. The van der Waals surface area contributed by atoms with Crippen LogP contribution < -0.4 is 0 Å². The van der Waals surface area contributed by atoms with Crippen molar-refractivity contribution in [2.45, 2.75) is 50.7 Å². The molecule has 0 N–H and O–H groups in total. The number of hydrogen-bond donors (Lipinski definition) is 0. The van der Waals surface area contributed by atoms with E-state index in [1.807, 2.05) is 0 Å². The summed E-state index contributed by atoms with van der Waals surface area (Å²) in [5, 5.41) is 4.43. The zero-order valence-electron chi connectivity index (χ0n) is 40.0. The lowest BCUT2D eigenvalue weighted by molar-refractivity contribution is 0.522. The fourth-order valence-electron chi connectivity index (χ4n) is 14.5. The van der Waals surface area contributed by atoms with Gasteiger partial charge in [0.1, 0.15) is 0 Å². The zero-order chi connectivity index (χ0) is 46.2. The molecule has 1 saturated heterocycles. The predicted octanol–water partition coefficient (Wildman–Crippen LogP) is 17.8. The summed E-state index contributed by atoms with van der Waals surface area (Å²) < 4.78 is 0. The van der Waals surface area contributed by atoms with Gasteiger partial charge in [0.2, 0.25) is 0 Å². The molecule has 0 saturated carbocycles. The highest BCUT2D eigenvalue weighted by atomic mass is 28.3. The summed E-state index contributed by atoms with van der Waals surface area (Å²) in [5.41, 5.74) is 24.2. The van der Waals surface area contributed by atoms with Gasteiger partial charge in [0.25, 0.3) is 0 Å². The first kappa shape index (κ1) is 41.0. The zero-order valence-corrected chi connectivity index (χ0v) is 41.0. The number of benzene rings is 7. The Balaban J connectivity index is 1.01. The maximum atomic E-state index is 2.79. The molecule has 7 aromatic carbocycles. The van der Waals surface area contributed by atoms with Gasteiger partial charge >= 0.3 is 0 Å². The molecule has 0 bridgehead atoms. The molecule has 69 heavy (non-hydrogen) atoms. The standard InChI is InChI=1S/C68H56Si/c1-42-38-48(44-18-9-6-10-19-44)31-33-50(42)66-58-39-49(51-35-36-56-54-23-14-21-46-20-13-22-53(64(46)54)55-25-15-24-52(51)67(55)56)32-34-57(58)65(47-29-27-45(28-30-47)43-16-7-5-8-17-43)59-40-61-62(41-60(59)66)69(3,4)63-26-11-12-37-68(61,63)2/h5-22,24-42,50,54,59,63,65H,23H2,1-4H3/t42-,50?,54?,59?,63?,65?,68?/m1/s1. The molecule has 1 heteroatoms. The third kappa shape index (κ3) is 5.99. The summed E-state index contributed by atoms with van der Waals surface area (Å²) in [4.78, 5) is 0. The average molecular weight is 901 g/mol. The molecular weight excluding hydrogens is 845 g/mol. The SMILES string of the molecule is C[C@@H]1C=C(c2ccccc2)C=CC1C1=C2C=C3C(=CC2C(c2ccc(-c4ccccc4)cc2)c2ccc(-c4ccc5c6c(cccc46)-c4cccc6c4C5CC=C6)cc21)C1(C)C=CC=CC1[Si]3(C)C. The molecule has 0 amide bonds. The molecule has 0 nitrogen and oxygen atoms in total. The fourth-order valence-corrected chi connectivity index (χ4v) is 18.8. The lowest BCUT2D eigenvalue weighted by Crippen LogP contribution is -2.34. The highest BCUT2D eigenvalue weighted by Crippen LogP contribution is 2.65. The Morgan fingerprint density at radius 1 is 0.594 bits per heavy atom. The molecule has 7 aromatic rings. The van der Waals surface area contributed by atoms with Crippen molar-refractivity contribution < 1.29 is 0 Å². The van der Waals surface area contributed by atoms with Gasteiger partial charge in [0, 0.05) is 29.1 Å². The van der Waals surface area contributed by atoms with E-state index >= 15 is 0 Å². The molecule has 0 spiro atoms. The van der Waals surface area contributed by atoms with Crippen molar-refractivity contribution in [2.24, 2.45) is 23.2 Å². The van der Waals surface area contributed by atoms with Crippen LogP contribution in [0.4, 0.5) is 0 Å². The first-order valence-electron chi connectivity index (χ1n) is 25.4. The van der Waals surface area contributed by atoms with Crippen molar-refractivity contribution in [2.75, 3.05) is 0 Å². The Kier molecular flexibility index (Phi) is 9.03. The van der Waals surface area contributed by atoms with Crippen LogP contribution in [0.25, 0.3) is 61.4 Å². The molecule has 14 rings (SSSR count). The van der Waals surface area contributed by atoms with Crippen LogP contribution in [0.5, 0.6) is 0 Å². The van der Waals surface area contributed by atoms with Crippen molar-refractivity contribution in [1.82, 2.24) is 0 Å². The molecule has 0 radical (unpaired) electrons. The van der Waals surface area contributed by atoms with E-state index in [4.69, 9.17) is 0 Å². The third-order valence-electron chi connectivity index (χ3n) is 17.7. The normalized spacial score (nSPS) is 26.1. The predicted molar refractivity (Wildman–Crippen MR) is 294 cm³/mol. The second kappa shape index (κ2) is 15.2. The van der Waals surface area contributed by atoms with E-state index in [9.17, 15) is 0 Å². The van der Waals surface area contributed by atoms with E-state index in [1.54, 1.807) is 10.8 Å². The Morgan fingerprint density at radius 2 is 1.33 bits per heavy atom. The number of fused-ring (bicyclic) bond motifs is 7. The van der Waals surface area contributed by atoms with Gasteiger partial charge in [-0.3, -0.25) is 0 Å². The Bertz CT molecular complexity index is 3580. The van der Waals surface area contributed by atoms with Crippen molar-refractivity contribution in [3.05, 3.63) is 268 Å². The minimum absolute atomic E-state index is 0.0101. The van der Waals surface area contributed by atoms with Crippen molar-refractivity contribution >= 4 is 36.1 Å². The van der Waals surface area contributed by atoms with E-state index in [2.05, 4.69) is 245 Å². The van der Waals surface area contributed by atoms with Crippen molar-refractivity contribution in [3.63, 3.8) is 0 Å². The van der Waals surface area contributed by atoms with Crippen molar-refractivity contribution in [3.8, 4) is 33.4 Å². The fraction of sp³-hybridized carbons (Fsp3) is 0.176. The molecular formula is C68H56Si. The maximum absolute atomic E-state index is 2.79. The summed E-state index contributed by atoms with van der Waals surface area (Å²) in [6.07, 6.45) is 28.6. The minimum Gasteiger partial charge on any atom is -0.0830 e. The van der Waals surface area contributed by atoms with E-state index in [0.717, 1.165) is 6.42 Å². The van der Waals surface area contributed by atoms with Gasteiger partial charge < -0.3 is 0 Å². The second-order valence-corrected chi connectivity index (χ2v) is 26.3. The molecule has 7 aliphatic rings. The molecule has 6 unspecified atom stereocenters. The molecule has 1 aliphatic heterocycles. The van der Waals surface area contributed by atoms with Crippen LogP contribution in [0.2, 0.25) is 18.6 Å². The largest absolute Gasteiger partial charge is 0.0889 e. The Morgan fingerprint density at radius 3 is 2.14 bits per heavy atom. The lowest BCUT2D eigenvalue weighted by Gasteiger charge is -2.42. The van der Waals surface area contributed by atoms with Crippen molar-refractivity contribution in [1.29, 1.82) is 0 Å². The van der Waals surface area contributed by atoms with Crippen LogP contribution >= 0.6 is 0 Å². The Labute approximate surface area is 408 Å². The summed E-state index contributed by atoms with van der Waals surface area (Å²) in [7, 11) is -1.95. The first-order valence-corrected chi connectivity index (χ1v) is 28.5. The van der Waals surface area contributed by atoms with E-state index < -0.39 is 8.07 Å². The molecule has 332 valence electrons. The summed E-state index contributed by atoms with van der Waals surface area (Å²) >= 11 is 0. The summed E-state index contributed by atoms with van der Waals surface area (Å²) in [6, 6.07) is 58.0. The van der Waals surface area contributed by atoms with E-state index in [0.29, 0.717) is 17.4 Å². The van der Waals surface area contributed by atoms with Gasteiger partial charge in [0.05, 0.1) is 8.07 Å². The molecule has 0 aromatic heterocycles. The summed E-state index contributed by atoms with van der Waals surface area (Å²) in [6.45, 7) is 10.3.